The summed E-state index contributed by atoms with van der Waals surface area (Å²) in [6, 6.07) is 20.5. The van der Waals surface area contributed by atoms with Gasteiger partial charge in [-0.2, -0.15) is 0 Å². The number of carbonyl (C=O) groups excluding carboxylic acids is 2. The normalized spacial score (nSPS) is 17.6. The van der Waals surface area contributed by atoms with Gasteiger partial charge >= 0.3 is 5.91 Å². The highest BCUT2D eigenvalue weighted by atomic mass is 32.1. The Kier molecular flexibility index (Phi) is 6.24. The topological polar surface area (TPSA) is 70.5 Å². The molecule has 1 aliphatic heterocycles. The molecule has 6 heteroatoms. The van der Waals surface area contributed by atoms with Crippen LogP contribution in [0.4, 0.5) is 5.13 Å². The number of rotatable bonds is 4. The number of aryl methyl sites for hydroxylation is 2. The summed E-state index contributed by atoms with van der Waals surface area (Å²) < 4.78 is 0.955. The third-order valence-electron chi connectivity index (χ3n) is 6.92. The molecular weight excluding hydrogens is 480 g/mol. The zero-order valence-corrected chi connectivity index (χ0v) is 22.5. The zero-order valence-electron chi connectivity index (χ0n) is 21.7. The fourth-order valence-electron chi connectivity index (χ4n) is 4.66. The predicted molar refractivity (Wildman–Crippen MR) is 150 cm³/mol. The van der Waals surface area contributed by atoms with Crippen LogP contribution in [-0.2, 0) is 21.4 Å². The quantitative estimate of drug-likeness (QED) is 0.181. The van der Waals surface area contributed by atoms with E-state index in [2.05, 4.69) is 33.8 Å². The maximum Gasteiger partial charge on any atom is 0.301 e. The molecule has 1 aromatic heterocycles. The summed E-state index contributed by atoms with van der Waals surface area (Å²) in [6.07, 6.45) is 0.893. The molecule has 0 radical (unpaired) electrons. The van der Waals surface area contributed by atoms with Crippen LogP contribution in [-0.4, -0.2) is 21.8 Å². The molecule has 5 rings (SSSR count). The molecule has 4 aromatic rings. The van der Waals surface area contributed by atoms with Crippen LogP contribution in [0.25, 0.3) is 16.0 Å². The Hall–Kier alpha value is -3.77. The van der Waals surface area contributed by atoms with Gasteiger partial charge in [-0.15, -0.1) is 0 Å². The maximum absolute atomic E-state index is 13.5. The van der Waals surface area contributed by atoms with Crippen molar-refractivity contribution < 1.29 is 14.7 Å². The number of thiazole rings is 1. The SMILES string of the molecule is CCc1ccc2nc(N3C(=O)C(=O)/C(=C(/O)c4ccc(C)cc4)[C@H]3c3ccc(C(C)(C)C)cc3)sc2c1. The lowest BCUT2D eigenvalue weighted by atomic mass is 9.85. The van der Waals surface area contributed by atoms with Gasteiger partial charge in [-0.05, 0) is 47.6 Å². The largest absolute Gasteiger partial charge is 0.507 e. The second-order valence-corrected chi connectivity index (χ2v) is 11.6. The first-order valence-electron chi connectivity index (χ1n) is 12.5. The molecule has 1 atom stereocenters. The van der Waals surface area contributed by atoms with E-state index < -0.39 is 17.7 Å². The van der Waals surface area contributed by atoms with Crippen molar-refractivity contribution >= 4 is 44.1 Å². The maximum atomic E-state index is 13.5. The van der Waals surface area contributed by atoms with Gasteiger partial charge in [0, 0.05) is 5.56 Å². The van der Waals surface area contributed by atoms with Crippen molar-refractivity contribution in [2.75, 3.05) is 4.90 Å². The fraction of sp³-hybridized carbons (Fsp3) is 0.258. The molecule has 1 amide bonds. The van der Waals surface area contributed by atoms with E-state index in [0.29, 0.717) is 10.7 Å². The Balaban J connectivity index is 1.70. The van der Waals surface area contributed by atoms with Gasteiger partial charge in [0.1, 0.15) is 5.76 Å². The number of Topliss-reactive ketones (excluding diaryl/α,β-unsaturated/α-hetero) is 1. The predicted octanol–water partition coefficient (Wildman–Crippen LogP) is 7.09. The minimum absolute atomic E-state index is 0.0493. The number of aliphatic hydroxyl groups is 1. The van der Waals surface area contributed by atoms with Crippen molar-refractivity contribution in [2.24, 2.45) is 0 Å². The number of carbonyl (C=O) groups is 2. The average Bonchev–Trinajstić information content (AvgIpc) is 3.41. The summed E-state index contributed by atoms with van der Waals surface area (Å²) in [5, 5.41) is 11.8. The van der Waals surface area contributed by atoms with Gasteiger partial charge in [0.05, 0.1) is 21.8 Å². The minimum atomic E-state index is -0.790. The second kappa shape index (κ2) is 9.27. The van der Waals surface area contributed by atoms with E-state index in [-0.39, 0.29) is 16.7 Å². The van der Waals surface area contributed by atoms with Gasteiger partial charge < -0.3 is 5.11 Å². The van der Waals surface area contributed by atoms with Crippen LogP contribution in [0.5, 0.6) is 0 Å². The van der Waals surface area contributed by atoms with Crippen molar-refractivity contribution in [3.05, 3.63) is 100 Å². The summed E-state index contributed by atoms with van der Waals surface area (Å²) in [6.45, 7) is 10.5. The van der Waals surface area contributed by atoms with Crippen LogP contribution in [0, 0.1) is 6.92 Å². The number of aliphatic hydroxyl groups excluding tert-OH is 1. The third-order valence-corrected chi connectivity index (χ3v) is 7.94. The molecule has 0 saturated carbocycles. The lowest BCUT2D eigenvalue weighted by molar-refractivity contribution is -0.132. The molecule has 2 heterocycles. The van der Waals surface area contributed by atoms with Crippen molar-refractivity contribution in [2.45, 2.75) is 52.5 Å². The summed E-state index contributed by atoms with van der Waals surface area (Å²) >= 11 is 1.38. The molecule has 5 nitrogen and oxygen atoms in total. The van der Waals surface area contributed by atoms with Crippen LogP contribution in [0.3, 0.4) is 0 Å². The van der Waals surface area contributed by atoms with E-state index in [1.54, 1.807) is 12.1 Å². The van der Waals surface area contributed by atoms with E-state index >= 15 is 0 Å². The average molecular weight is 511 g/mol. The van der Waals surface area contributed by atoms with Gasteiger partial charge in [-0.3, -0.25) is 14.5 Å². The molecule has 0 aliphatic carbocycles. The van der Waals surface area contributed by atoms with Gasteiger partial charge in [0.15, 0.2) is 5.13 Å². The smallest absolute Gasteiger partial charge is 0.301 e. The Morgan fingerprint density at radius 1 is 1.00 bits per heavy atom. The fourth-order valence-corrected chi connectivity index (χ4v) is 5.71. The zero-order chi connectivity index (χ0) is 26.5. The van der Waals surface area contributed by atoms with Crippen LogP contribution in [0.2, 0.25) is 0 Å². The molecule has 0 bridgehead atoms. The molecule has 3 aromatic carbocycles. The minimum Gasteiger partial charge on any atom is -0.507 e. The molecule has 0 unspecified atom stereocenters. The van der Waals surface area contributed by atoms with Crippen molar-refractivity contribution in [3.63, 3.8) is 0 Å². The molecule has 1 fully saturated rings. The third kappa shape index (κ3) is 4.46. The molecule has 0 spiro atoms. The molecule has 1 aliphatic rings. The number of amides is 1. The number of hydrogen-bond donors (Lipinski definition) is 1. The molecule has 37 heavy (non-hydrogen) atoms. The van der Waals surface area contributed by atoms with Crippen LogP contribution in [0.1, 0.15) is 61.6 Å². The molecule has 1 saturated heterocycles. The van der Waals surface area contributed by atoms with E-state index in [9.17, 15) is 14.7 Å². The highest BCUT2D eigenvalue weighted by Crippen LogP contribution is 2.44. The Morgan fingerprint density at radius 2 is 1.68 bits per heavy atom. The highest BCUT2D eigenvalue weighted by Gasteiger charge is 2.48. The van der Waals surface area contributed by atoms with E-state index in [1.165, 1.54) is 21.8 Å². The number of anilines is 1. The van der Waals surface area contributed by atoms with Gasteiger partial charge in [0.25, 0.3) is 5.78 Å². The summed E-state index contributed by atoms with van der Waals surface area (Å²) in [7, 11) is 0. The lowest BCUT2D eigenvalue weighted by Gasteiger charge is -2.24. The first-order chi connectivity index (χ1) is 17.6. The van der Waals surface area contributed by atoms with Gasteiger partial charge in [-0.1, -0.05) is 99.2 Å². The van der Waals surface area contributed by atoms with E-state index in [1.807, 2.05) is 55.5 Å². The molecular formula is C31H30N2O3S. The number of ketones is 1. The Labute approximate surface area is 221 Å². The van der Waals surface area contributed by atoms with Gasteiger partial charge in [-0.25, -0.2) is 4.98 Å². The van der Waals surface area contributed by atoms with Crippen molar-refractivity contribution in [1.29, 1.82) is 0 Å². The number of hydrogen-bond acceptors (Lipinski definition) is 5. The molecule has 188 valence electrons. The van der Waals surface area contributed by atoms with Crippen molar-refractivity contribution in [3.8, 4) is 0 Å². The Morgan fingerprint density at radius 3 is 2.30 bits per heavy atom. The van der Waals surface area contributed by atoms with Gasteiger partial charge in [0.2, 0.25) is 0 Å². The van der Waals surface area contributed by atoms with Crippen LogP contribution < -0.4 is 4.90 Å². The van der Waals surface area contributed by atoms with Crippen molar-refractivity contribution in [1.82, 2.24) is 4.98 Å². The first kappa shape index (κ1) is 24.9. The van der Waals surface area contributed by atoms with E-state index in [0.717, 1.165) is 33.3 Å². The number of nitrogens with zero attached hydrogens (tertiary/aromatic N) is 2. The number of aromatic nitrogens is 1. The standard InChI is InChI=1S/C31H30N2O3S/c1-6-19-9-16-23-24(17-19)37-30(32-23)33-26(20-12-14-22(15-13-20)31(3,4)5)25(28(35)29(33)36)27(34)21-10-7-18(2)8-11-21/h7-17,26,34H,6H2,1-5H3/b27-25+/t26-/m1/s1. The summed E-state index contributed by atoms with van der Waals surface area (Å²) in [5.41, 5.74) is 5.40. The summed E-state index contributed by atoms with van der Waals surface area (Å²) in [5.74, 6) is -1.58. The Bertz CT molecular complexity index is 1540. The van der Waals surface area contributed by atoms with Crippen LogP contribution in [0.15, 0.2) is 72.3 Å². The monoisotopic (exact) mass is 510 g/mol. The number of benzene rings is 3. The summed E-state index contributed by atoms with van der Waals surface area (Å²) in [4.78, 5) is 33.2. The van der Waals surface area contributed by atoms with Crippen LogP contribution >= 0.6 is 11.3 Å². The number of fused-ring (bicyclic) bond motifs is 1. The highest BCUT2D eigenvalue weighted by molar-refractivity contribution is 7.22. The second-order valence-electron chi connectivity index (χ2n) is 10.6. The lowest BCUT2D eigenvalue weighted by Crippen LogP contribution is -2.29. The van der Waals surface area contributed by atoms with E-state index in [4.69, 9.17) is 4.98 Å². The molecule has 1 N–H and O–H groups in total. The first-order valence-corrected chi connectivity index (χ1v) is 13.3.